The molecular weight excluding hydrogens is 384 g/mol. The second kappa shape index (κ2) is 14.3. The van der Waals surface area contributed by atoms with Gasteiger partial charge in [0.15, 0.2) is 0 Å². The molecule has 0 saturated carbocycles. The van der Waals surface area contributed by atoms with Crippen LogP contribution >= 0.6 is 0 Å². The van der Waals surface area contributed by atoms with Crippen LogP contribution in [0, 0.1) is 28.6 Å². The minimum atomic E-state index is -1.26. The normalized spacial score (nSPS) is 16.5. The SMILES string of the molecule is CC[Si](CC)(CCO)CCCOCC(CCC(C)CC(C)(C)C)C(C)CC(C)(C)C. The number of aliphatic hydroxyl groups is 1. The average Bonchev–Trinajstić information content (AvgIpc) is 2.60. The summed E-state index contributed by atoms with van der Waals surface area (Å²) < 4.78 is 6.29. The van der Waals surface area contributed by atoms with Gasteiger partial charge in [0.1, 0.15) is 0 Å². The molecule has 0 aliphatic heterocycles. The van der Waals surface area contributed by atoms with Gasteiger partial charge < -0.3 is 9.84 Å². The van der Waals surface area contributed by atoms with Crippen LogP contribution in [0.2, 0.25) is 24.2 Å². The fourth-order valence-corrected chi connectivity index (χ4v) is 8.95. The maximum absolute atomic E-state index is 9.47. The molecule has 0 rings (SSSR count). The highest BCUT2D eigenvalue weighted by atomic mass is 28.3. The van der Waals surface area contributed by atoms with E-state index in [1.54, 1.807) is 0 Å². The van der Waals surface area contributed by atoms with Gasteiger partial charge in [-0.3, -0.25) is 0 Å². The van der Waals surface area contributed by atoms with E-state index < -0.39 is 8.07 Å². The molecule has 0 spiro atoms. The average molecular weight is 443 g/mol. The zero-order valence-electron chi connectivity index (χ0n) is 22.6. The van der Waals surface area contributed by atoms with Crippen molar-refractivity contribution in [1.82, 2.24) is 0 Å². The summed E-state index contributed by atoms with van der Waals surface area (Å²) in [5.74, 6) is 2.16. The van der Waals surface area contributed by atoms with Gasteiger partial charge in [0.05, 0.1) is 8.07 Å². The highest BCUT2D eigenvalue weighted by Crippen LogP contribution is 2.34. The van der Waals surface area contributed by atoms with Crippen molar-refractivity contribution in [2.75, 3.05) is 19.8 Å². The lowest BCUT2D eigenvalue weighted by molar-refractivity contribution is 0.0628. The predicted molar refractivity (Wildman–Crippen MR) is 138 cm³/mol. The minimum Gasteiger partial charge on any atom is -0.397 e. The number of aliphatic hydroxyl groups excluding tert-OH is 1. The predicted octanol–water partition coefficient (Wildman–Crippen LogP) is 8.42. The van der Waals surface area contributed by atoms with Crippen molar-refractivity contribution in [2.45, 2.75) is 126 Å². The molecule has 3 heteroatoms. The van der Waals surface area contributed by atoms with E-state index in [-0.39, 0.29) is 0 Å². The van der Waals surface area contributed by atoms with Gasteiger partial charge in [0.25, 0.3) is 0 Å². The van der Waals surface area contributed by atoms with Gasteiger partial charge in [-0.25, -0.2) is 0 Å². The van der Waals surface area contributed by atoms with E-state index in [2.05, 4.69) is 69.2 Å². The van der Waals surface area contributed by atoms with Crippen LogP contribution in [0.15, 0.2) is 0 Å². The molecule has 0 heterocycles. The Labute approximate surface area is 192 Å². The maximum atomic E-state index is 9.47. The third kappa shape index (κ3) is 14.2. The first-order chi connectivity index (χ1) is 13.8. The molecule has 0 radical (unpaired) electrons. The summed E-state index contributed by atoms with van der Waals surface area (Å²) in [6, 6.07) is 4.96. The van der Waals surface area contributed by atoms with Crippen molar-refractivity contribution in [3.8, 4) is 0 Å². The first kappa shape index (κ1) is 30.1. The Morgan fingerprint density at radius 1 is 0.833 bits per heavy atom. The van der Waals surface area contributed by atoms with Crippen LogP contribution in [-0.4, -0.2) is 33.0 Å². The van der Waals surface area contributed by atoms with E-state index in [1.165, 1.54) is 50.2 Å². The monoisotopic (exact) mass is 442 g/mol. The summed E-state index contributed by atoms with van der Waals surface area (Å²) in [5, 5.41) is 9.47. The van der Waals surface area contributed by atoms with Crippen molar-refractivity contribution in [2.24, 2.45) is 28.6 Å². The first-order valence-corrected chi connectivity index (χ1v) is 15.8. The zero-order chi connectivity index (χ0) is 23.4. The molecule has 0 aliphatic rings. The molecule has 0 aliphatic carbocycles. The second-order valence-electron chi connectivity index (χ2n) is 12.8. The number of ether oxygens (including phenoxy) is 1. The van der Waals surface area contributed by atoms with Gasteiger partial charge in [-0.05, 0) is 60.3 Å². The summed E-state index contributed by atoms with van der Waals surface area (Å²) in [5.41, 5.74) is 0.804. The number of hydrogen-bond donors (Lipinski definition) is 1. The first-order valence-electron chi connectivity index (χ1n) is 13.0. The lowest BCUT2D eigenvalue weighted by atomic mass is 9.76. The van der Waals surface area contributed by atoms with Crippen LogP contribution in [0.1, 0.15) is 101 Å². The Bertz CT molecular complexity index is 418. The molecule has 30 heavy (non-hydrogen) atoms. The standard InChI is InChI=1S/C27H58O2Si/c1-11-30(12-2,19-16-28)18-13-17-29-22-25(24(4)21-27(8,9)10)15-14-23(3)20-26(5,6)7/h23-25,28H,11-22H2,1-10H3. The summed E-state index contributed by atoms with van der Waals surface area (Å²) in [6.07, 6.45) is 6.36. The van der Waals surface area contributed by atoms with E-state index in [1.807, 2.05) is 0 Å². The molecule has 3 unspecified atom stereocenters. The summed E-state index contributed by atoms with van der Waals surface area (Å²) in [7, 11) is -1.26. The highest BCUT2D eigenvalue weighted by Gasteiger charge is 2.28. The lowest BCUT2D eigenvalue weighted by Crippen LogP contribution is -2.33. The number of hydrogen-bond acceptors (Lipinski definition) is 2. The van der Waals surface area contributed by atoms with Gasteiger partial charge in [0, 0.05) is 19.8 Å². The largest absolute Gasteiger partial charge is 0.397 e. The molecule has 0 amide bonds. The molecule has 1 N–H and O–H groups in total. The molecule has 0 bridgehead atoms. The van der Waals surface area contributed by atoms with Crippen LogP contribution in [0.5, 0.6) is 0 Å². The topological polar surface area (TPSA) is 29.5 Å². The van der Waals surface area contributed by atoms with Gasteiger partial charge >= 0.3 is 0 Å². The Morgan fingerprint density at radius 2 is 1.40 bits per heavy atom. The molecule has 0 aromatic heterocycles. The van der Waals surface area contributed by atoms with E-state index in [4.69, 9.17) is 4.74 Å². The molecule has 3 atom stereocenters. The molecular formula is C27H58O2Si. The van der Waals surface area contributed by atoms with Crippen molar-refractivity contribution < 1.29 is 9.84 Å². The molecule has 0 saturated heterocycles. The minimum absolute atomic E-state index is 0.369. The van der Waals surface area contributed by atoms with Crippen molar-refractivity contribution in [3.63, 3.8) is 0 Å². The molecule has 2 nitrogen and oxygen atoms in total. The van der Waals surface area contributed by atoms with Gasteiger partial charge in [0.2, 0.25) is 0 Å². The second-order valence-corrected chi connectivity index (χ2v) is 18.2. The van der Waals surface area contributed by atoms with Crippen molar-refractivity contribution in [1.29, 1.82) is 0 Å². The zero-order valence-corrected chi connectivity index (χ0v) is 23.6. The molecule has 182 valence electrons. The van der Waals surface area contributed by atoms with Crippen molar-refractivity contribution >= 4 is 8.07 Å². The van der Waals surface area contributed by atoms with E-state index in [9.17, 15) is 5.11 Å². The van der Waals surface area contributed by atoms with Crippen LogP contribution in [0.25, 0.3) is 0 Å². The van der Waals surface area contributed by atoms with Gasteiger partial charge in [-0.15, -0.1) is 0 Å². The Morgan fingerprint density at radius 3 is 1.87 bits per heavy atom. The summed E-state index contributed by atoms with van der Waals surface area (Å²) in [6.45, 7) is 25.9. The Balaban J connectivity index is 4.66. The quantitative estimate of drug-likeness (QED) is 0.192. The number of rotatable bonds is 16. The van der Waals surface area contributed by atoms with Gasteiger partial charge in [-0.1, -0.05) is 93.8 Å². The third-order valence-electron chi connectivity index (χ3n) is 7.20. The van der Waals surface area contributed by atoms with E-state index >= 15 is 0 Å². The van der Waals surface area contributed by atoms with E-state index in [0.29, 0.717) is 29.3 Å². The van der Waals surface area contributed by atoms with Crippen molar-refractivity contribution in [3.05, 3.63) is 0 Å². The fraction of sp³-hybridized carbons (Fsp3) is 1.00. The van der Waals surface area contributed by atoms with Gasteiger partial charge in [-0.2, -0.15) is 0 Å². The molecule has 0 fully saturated rings. The summed E-state index contributed by atoms with van der Waals surface area (Å²) in [4.78, 5) is 0. The van der Waals surface area contributed by atoms with E-state index in [0.717, 1.165) is 25.2 Å². The third-order valence-corrected chi connectivity index (χ3v) is 12.9. The lowest BCUT2D eigenvalue weighted by Gasteiger charge is -2.32. The highest BCUT2D eigenvalue weighted by molar-refractivity contribution is 6.79. The van der Waals surface area contributed by atoms with Crippen LogP contribution in [0.3, 0.4) is 0 Å². The smallest absolute Gasteiger partial charge is 0.0553 e. The van der Waals surface area contributed by atoms with Crippen LogP contribution in [-0.2, 0) is 4.74 Å². The Hall–Kier alpha value is 0.137. The summed E-state index contributed by atoms with van der Waals surface area (Å²) >= 11 is 0. The molecule has 0 aromatic rings. The van der Waals surface area contributed by atoms with Crippen LogP contribution < -0.4 is 0 Å². The fourth-order valence-electron chi connectivity index (χ4n) is 5.41. The molecule has 0 aromatic carbocycles. The maximum Gasteiger partial charge on any atom is 0.0553 e. The Kier molecular flexibility index (Phi) is 14.4. The van der Waals surface area contributed by atoms with Crippen LogP contribution in [0.4, 0.5) is 0 Å².